The minimum Gasteiger partial charge on any atom is -0.445 e. The van der Waals surface area contributed by atoms with Crippen LogP contribution in [0.5, 0.6) is 0 Å². The first-order chi connectivity index (χ1) is 19.1. The molecule has 1 heterocycles. The molecule has 0 saturated carbocycles. The Labute approximate surface area is 229 Å². The Morgan fingerprint density at radius 3 is 2.23 bits per heavy atom. The molecule has 1 unspecified atom stereocenters. The molecule has 8 heteroatoms. The Hall–Kier alpha value is -4.17. The van der Waals surface area contributed by atoms with Gasteiger partial charge in [-0.3, -0.25) is 9.59 Å². The van der Waals surface area contributed by atoms with E-state index in [1.165, 1.54) is 5.56 Å². The number of benzene rings is 3. The molecular formula is C31H36N4O4. The van der Waals surface area contributed by atoms with E-state index in [1.807, 2.05) is 78.9 Å². The molecule has 204 valence electrons. The molecule has 4 N–H and O–H groups in total. The van der Waals surface area contributed by atoms with Gasteiger partial charge in [0.05, 0.1) is 6.04 Å². The number of carbonyl (C=O) groups is 3. The van der Waals surface area contributed by atoms with Crippen LogP contribution in [0, 0.1) is 0 Å². The molecule has 2 atom stereocenters. The van der Waals surface area contributed by atoms with Crippen LogP contribution in [0.3, 0.4) is 0 Å². The van der Waals surface area contributed by atoms with Crippen LogP contribution in [-0.2, 0) is 40.4 Å². The minimum absolute atomic E-state index is 0.188. The Bertz CT molecular complexity index is 1220. The summed E-state index contributed by atoms with van der Waals surface area (Å²) in [6, 6.07) is 26.1. The number of ether oxygens (including phenoxy) is 1. The third-order valence-corrected chi connectivity index (χ3v) is 6.74. The van der Waals surface area contributed by atoms with Gasteiger partial charge >= 0.3 is 6.09 Å². The van der Waals surface area contributed by atoms with Gasteiger partial charge in [0.2, 0.25) is 11.8 Å². The van der Waals surface area contributed by atoms with Crippen molar-refractivity contribution in [2.24, 2.45) is 0 Å². The van der Waals surface area contributed by atoms with E-state index in [4.69, 9.17) is 4.74 Å². The summed E-state index contributed by atoms with van der Waals surface area (Å²) in [6.45, 7) is 1.63. The van der Waals surface area contributed by atoms with Gasteiger partial charge in [-0.2, -0.15) is 0 Å². The van der Waals surface area contributed by atoms with Gasteiger partial charge < -0.3 is 26.0 Å². The third-order valence-electron chi connectivity index (χ3n) is 6.74. The van der Waals surface area contributed by atoms with Crippen LogP contribution in [0.2, 0.25) is 0 Å². The SMILES string of the molecule is O=C(NCCCC[C@H](NC(=O)C1Cc2ccccc2CN1)C(=O)NCc1ccccc1)OCc1ccccc1. The third kappa shape index (κ3) is 8.97. The van der Waals surface area contributed by atoms with Crippen LogP contribution in [0.15, 0.2) is 84.9 Å². The van der Waals surface area contributed by atoms with Crippen LogP contribution in [0.4, 0.5) is 4.79 Å². The zero-order valence-electron chi connectivity index (χ0n) is 22.0. The summed E-state index contributed by atoms with van der Waals surface area (Å²) < 4.78 is 5.23. The van der Waals surface area contributed by atoms with Crippen molar-refractivity contribution < 1.29 is 19.1 Å². The maximum absolute atomic E-state index is 13.1. The summed E-state index contributed by atoms with van der Waals surface area (Å²) in [5.74, 6) is -0.411. The van der Waals surface area contributed by atoms with Crippen molar-refractivity contribution in [2.45, 2.75) is 57.5 Å². The Morgan fingerprint density at radius 1 is 0.821 bits per heavy atom. The van der Waals surface area contributed by atoms with E-state index in [0.717, 1.165) is 16.7 Å². The van der Waals surface area contributed by atoms with Crippen LogP contribution in [0.25, 0.3) is 0 Å². The monoisotopic (exact) mass is 528 g/mol. The normalized spacial score (nSPS) is 14.9. The van der Waals surface area contributed by atoms with Gasteiger partial charge in [0.15, 0.2) is 0 Å². The fourth-order valence-corrected chi connectivity index (χ4v) is 4.53. The van der Waals surface area contributed by atoms with E-state index in [0.29, 0.717) is 45.3 Å². The number of fused-ring (bicyclic) bond motifs is 1. The maximum Gasteiger partial charge on any atom is 0.407 e. The number of nitrogens with one attached hydrogen (secondary N) is 4. The van der Waals surface area contributed by atoms with E-state index >= 15 is 0 Å². The molecule has 3 amide bonds. The summed E-state index contributed by atoms with van der Waals surface area (Å²) in [5.41, 5.74) is 4.24. The van der Waals surface area contributed by atoms with E-state index in [1.54, 1.807) is 0 Å². The van der Waals surface area contributed by atoms with Crippen LogP contribution < -0.4 is 21.3 Å². The largest absolute Gasteiger partial charge is 0.445 e. The van der Waals surface area contributed by atoms with Crippen LogP contribution in [-0.4, -0.2) is 36.5 Å². The Kier molecular flexibility index (Phi) is 10.5. The van der Waals surface area contributed by atoms with E-state index in [9.17, 15) is 14.4 Å². The summed E-state index contributed by atoms with van der Waals surface area (Å²) in [4.78, 5) is 38.2. The van der Waals surface area contributed by atoms with Gasteiger partial charge in [0.25, 0.3) is 0 Å². The smallest absolute Gasteiger partial charge is 0.407 e. The van der Waals surface area contributed by atoms with Crippen molar-refractivity contribution in [3.63, 3.8) is 0 Å². The van der Waals surface area contributed by atoms with Crippen molar-refractivity contribution in [3.8, 4) is 0 Å². The summed E-state index contributed by atoms with van der Waals surface area (Å²) in [7, 11) is 0. The van der Waals surface area contributed by atoms with Crippen LogP contribution in [0.1, 0.15) is 41.5 Å². The van der Waals surface area contributed by atoms with Crippen molar-refractivity contribution in [3.05, 3.63) is 107 Å². The highest BCUT2D eigenvalue weighted by Gasteiger charge is 2.28. The molecule has 39 heavy (non-hydrogen) atoms. The number of rotatable bonds is 12. The predicted molar refractivity (Wildman–Crippen MR) is 149 cm³/mol. The lowest BCUT2D eigenvalue weighted by Gasteiger charge is -2.27. The van der Waals surface area contributed by atoms with E-state index < -0.39 is 18.2 Å². The lowest BCUT2D eigenvalue weighted by atomic mass is 9.95. The first kappa shape index (κ1) is 27.9. The van der Waals surface area contributed by atoms with Gasteiger partial charge in [-0.25, -0.2) is 4.79 Å². The van der Waals surface area contributed by atoms with Crippen molar-refractivity contribution >= 4 is 17.9 Å². The van der Waals surface area contributed by atoms with Gasteiger partial charge in [0, 0.05) is 19.6 Å². The molecule has 4 rings (SSSR count). The quantitative estimate of drug-likeness (QED) is 0.269. The maximum atomic E-state index is 13.1. The molecule has 0 radical (unpaired) electrons. The first-order valence-corrected chi connectivity index (χ1v) is 13.4. The van der Waals surface area contributed by atoms with Gasteiger partial charge in [0.1, 0.15) is 12.6 Å². The second kappa shape index (κ2) is 14.7. The number of hydrogen-bond acceptors (Lipinski definition) is 5. The zero-order chi connectivity index (χ0) is 27.3. The fraction of sp³-hybridized carbons (Fsp3) is 0.323. The first-order valence-electron chi connectivity index (χ1n) is 13.4. The molecule has 0 fully saturated rings. The minimum atomic E-state index is -0.676. The second-order valence-electron chi connectivity index (χ2n) is 9.66. The molecular weight excluding hydrogens is 492 g/mol. The van der Waals surface area contributed by atoms with Crippen molar-refractivity contribution in [1.82, 2.24) is 21.3 Å². The van der Waals surface area contributed by atoms with E-state index in [2.05, 4.69) is 27.3 Å². The molecule has 0 spiro atoms. The highest BCUT2D eigenvalue weighted by molar-refractivity contribution is 5.90. The Morgan fingerprint density at radius 2 is 1.49 bits per heavy atom. The molecule has 1 aliphatic rings. The number of amides is 3. The lowest BCUT2D eigenvalue weighted by Crippen LogP contribution is -2.54. The molecule has 3 aromatic carbocycles. The van der Waals surface area contributed by atoms with E-state index in [-0.39, 0.29) is 18.4 Å². The van der Waals surface area contributed by atoms with Gasteiger partial charge in [-0.1, -0.05) is 84.9 Å². The topological polar surface area (TPSA) is 109 Å². The molecule has 0 bridgehead atoms. The average Bonchev–Trinajstić information content (AvgIpc) is 2.98. The molecule has 0 saturated heterocycles. The predicted octanol–water partition coefficient (Wildman–Crippen LogP) is 3.60. The summed E-state index contributed by atoms with van der Waals surface area (Å²) in [6.07, 6.45) is 1.84. The fourth-order valence-electron chi connectivity index (χ4n) is 4.53. The molecule has 8 nitrogen and oxygen atoms in total. The molecule has 3 aromatic rings. The average molecular weight is 529 g/mol. The number of alkyl carbamates (subject to hydrolysis) is 1. The number of unbranched alkanes of at least 4 members (excludes halogenated alkanes) is 1. The number of hydrogen-bond donors (Lipinski definition) is 4. The second-order valence-corrected chi connectivity index (χ2v) is 9.66. The molecule has 0 aliphatic carbocycles. The lowest BCUT2D eigenvalue weighted by molar-refractivity contribution is -0.130. The van der Waals surface area contributed by atoms with Crippen LogP contribution >= 0.6 is 0 Å². The summed E-state index contributed by atoms with van der Waals surface area (Å²) >= 11 is 0. The van der Waals surface area contributed by atoms with Crippen molar-refractivity contribution in [2.75, 3.05) is 6.54 Å². The van der Waals surface area contributed by atoms with Gasteiger partial charge in [-0.15, -0.1) is 0 Å². The van der Waals surface area contributed by atoms with Gasteiger partial charge in [-0.05, 0) is 47.9 Å². The molecule has 0 aromatic heterocycles. The highest BCUT2D eigenvalue weighted by atomic mass is 16.5. The Balaban J connectivity index is 1.25. The zero-order valence-corrected chi connectivity index (χ0v) is 22.0. The van der Waals surface area contributed by atoms with Crippen molar-refractivity contribution in [1.29, 1.82) is 0 Å². The standard InChI is InChI=1S/C31H36N4O4/c36-29(34-20-23-11-3-1-4-12-23)27(35-30(37)28-19-25-15-7-8-16-26(25)21-33-28)17-9-10-18-32-31(38)39-22-24-13-5-2-6-14-24/h1-8,11-16,27-28,33H,9-10,17-22H2,(H,32,38)(H,34,36)(H,35,37)/t27-,28?/m0/s1. The highest BCUT2D eigenvalue weighted by Crippen LogP contribution is 2.16. The number of carbonyl (C=O) groups excluding carboxylic acids is 3. The molecule has 1 aliphatic heterocycles. The summed E-state index contributed by atoms with van der Waals surface area (Å²) in [5, 5.41) is 11.9.